The Morgan fingerprint density at radius 1 is 1.14 bits per heavy atom. The number of benzene rings is 1. The van der Waals surface area contributed by atoms with Gasteiger partial charge in [-0.1, -0.05) is 19.1 Å². The molecule has 2 aromatic rings. The second-order valence-electron chi connectivity index (χ2n) is 7.18. The Bertz CT molecular complexity index is 926. The molecule has 7 nitrogen and oxygen atoms in total. The minimum atomic E-state index is -0.477. The molecule has 0 unspecified atom stereocenters. The van der Waals surface area contributed by atoms with Crippen molar-refractivity contribution in [2.45, 2.75) is 39.5 Å². The lowest BCUT2D eigenvalue weighted by atomic mass is 10.1. The molecule has 1 saturated heterocycles. The topological polar surface area (TPSA) is 91.5 Å². The van der Waals surface area contributed by atoms with Crippen LogP contribution in [0.5, 0.6) is 0 Å². The highest BCUT2D eigenvalue weighted by Gasteiger charge is 2.25. The zero-order chi connectivity index (χ0) is 21.0. The summed E-state index contributed by atoms with van der Waals surface area (Å²) in [6, 6.07) is 7.01. The normalized spacial score (nSPS) is 13.8. The number of H-pyrrole nitrogens is 1. The maximum Gasteiger partial charge on any atom is 0.339 e. The Morgan fingerprint density at radius 3 is 2.48 bits per heavy atom. The number of esters is 1. The van der Waals surface area contributed by atoms with Crippen LogP contribution in [0.15, 0.2) is 24.3 Å². The van der Waals surface area contributed by atoms with Crippen molar-refractivity contribution in [1.29, 1.82) is 0 Å². The van der Waals surface area contributed by atoms with Crippen molar-refractivity contribution in [1.82, 2.24) is 9.88 Å². The number of likely N-dealkylation sites (tertiary alicyclic amines) is 1. The van der Waals surface area contributed by atoms with Gasteiger partial charge in [0.25, 0.3) is 11.8 Å². The lowest BCUT2D eigenvalue weighted by molar-refractivity contribution is 0.0598. The number of anilines is 1. The average molecular weight is 397 g/mol. The number of aryl methyl sites for hydroxylation is 1. The number of hydrogen-bond donors (Lipinski definition) is 2. The van der Waals surface area contributed by atoms with Crippen molar-refractivity contribution < 1.29 is 19.1 Å². The Kier molecular flexibility index (Phi) is 6.36. The van der Waals surface area contributed by atoms with Gasteiger partial charge in [-0.2, -0.15) is 0 Å². The molecule has 2 amide bonds. The number of hydrogen-bond acceptors (Lipinski definition) is 4. The first kappa shape index (κ1) is 20.6. The highest BCUT2D eigenvalue weighted by atomic mass is 16.5. The molecule has 0 radical (unpaired) electrons. The Labute approximate surface area is 170 Å². The van der Waals surface area contributed by atoms with E-state index < -0.39 is 11.9 Å². The van der Waals surface area contributed by atoms with Gasteiger partial charge >= 0.3 is 5.97 Å². The Morgan fingerprint density at radius 2 is 1.83 bits per heavy atom. The van der Waals surface area contributed by atoms with Gasteiger partial charge in [0, 0.05) is 18.8 Å². The Balaban J connectivity index is 1.88. The molecule has 154 valence electrons. The number of para-hydroxylation sites is 1. The first-order valence-corrected chi connectivity index (χ1v) is 9.97. The van der Waals surface area contributed by atoms with E-state index in [0.717, 1.165) is 32.4 Å². The van der Waals surface area contributed by atoms with E-state index in [1.165, 1.54) is 7.11 Å². The van der Waals surface area contributed by atoms with E-state index in [1.54, 1.807) is 31.2 Å². The van der Waals surface area contributed by atoms with Crippen LogP contribution >= 0.6 is 0 Å². The predicted octanol–water partition coefficient (Wildman–Crippen LogP) is 3.55. The largest absolute Gasteiger partial charge is 0.465 e. The third-order valence-corrected chi connectivity index (χ3v) is 5.35. The smallest absolute Gasteiger partial charge is 0.339 e. The molecule has 0 atom stereocenters. The molecule has 1 aliphatic heterocycles. The van der Waals surface area contributed by atoms with Crippen LogP contribution in [0.1, 0.15) is 68.6 Å². The van der Waals surface area contributed by atoms with Gasteiger partial charge in [-0.25, -0.2) is 4.79 Å². The van der Waals surface area contributed by atoms with Crippen molar-refractivity contribution in [3.63, 3.8) is 0 Å². The van der Waals surface area contributed by atoms with Gasteiger partial charge in [0.05, 0.1) is 23.9 Å². The molecular weight excluding hydrogens is 370 g/mol. The monoisotopic (exact) mass is 397 g/mol. The first-order valence-electron chi connectivity index (χ1n) is 9.97. The van der Waals surface area contributed by atoms with E-state index in [2.05, 4.69) is 10.3 Å². The molecule has 0 spiro atoms. The van der Waals surface area contributed by atoms with Crippen LogP contribution in [-0.2, 0) is 11.2 Å². The summed E-state index contributed by atoms with van der Waals surface area (Å²) in [5, 5.41) is 2.84. The number of carbonyl (C=O) groups excluding carboxylic acids is 3. The van der Waals surface area contributed by atoms with Gasteiger partial charge in [-0.15, -0.1) is 0 Å². The molecule has 0 bridgehead atoms. The number of piperidine rings is 1. The standard InChI is InChI=1S/C22H27N3O4/c1-4-16-18(22(28)29-3)14(2)19(23-16)20(26)24-17-11-7-6-10-15(17)21(27)25-12-8-5-9-13-25/h6-7,10-11,23H,4-5,8-9,12-13H2,1-3H3,(H,24,26). The summed E-state index contributed by atoms with van der Waals surface area (Å²) < 4.78 is 4.85. The molecule has 1 fully saturated rings. The van der Waals surface area contributed by atoms with Gasteiger partial charge in [-0.3, -0.25) is 9.59 Å². The SMILES string of the molecule is CCc1[nH]c(C(=O)Nc2ccccc2C(=O)N2CCCCC2)c(C)c1C(=O)OC. The lowest BCUT2D eigenvalue weighted by Crippen LogP contribution is -2.36. The molecule has 1 aromatic carbocycles. The number of methoxy groups -OCH3 is 1. The predicted molar refractivity (Wildman–Crippen MR) is 110 cm³/mol. The van der Waals surface area contributed by atoms with Crippen LogP contribution in [0.2, 0.25) is 0 Å². The number of amides is 2. The van der Waals surface area contributed by atoms with Crippen LogP contribution in [0.25, 0.3) is 0 Å². The van der Waals surface area contributed by atoms with Crippen molar-refractivity contribution in [2.24, 2.45) is 0 Å². The molecule has 1 aliphatic rings. The number of nitrogens with zero attached hydrogens (tertiary/aromatic N) is 1. The van der Waals surface area contributed by atoms with E-state index in [0.29, 0.717) is 40.2 Å². The molecule has 3 rings (SSSR count). The molecule has 29 heavy (non-hydrogen) atoms. The van der Waals surface area contributed by atoms with Crippen LogP contribution in [-0.4, -0.2) is 47.9 Å². The minimum absolute atomic E-state index is 0.0756. The maximum absolute atomic E-state index is 13.0. The average Bonchev–Trinajstić information content (AvgIpc) is 3.10. The van der Waals surface area contributed by atoms with Crippen molar-refractivity contribution in [3.8, 4) is 0 Å². The molecule has 2 heterocycles. The fourth-order valence-electron chi connectivity index (χ4n) is 3.76. The summed E-state index contributed by atoms with van der Waals surface area (Å²) in [5.41, 5.74) is 2.79. The van der Waals surface area contributed by atoms with Gasteiger partial charge in [0.1, 0.15) is 5.69 Å². The van der Waals surface area contributed by atoms with Crippen LogP contribution < -0.4 is 5.32 Å². The zero-order valence-corrected chi connectivity index (χ0v) is 17.1. The lowest BCUT2D eigenvalue weighted by Gasteiger charge is -2.27. The van der Waals surface area contributed by atoms with E-state index in [4.69, 9.17) is 4.74 Å². The number of carbonyl (C=O) groups is 3. The number of ether oxygens (including phenoxy) is 1. The maximum atomic E-state index is 13.0. The number of aromatic amines is 1. The van der Waals surface area contributed by atoms with Gasteiger partial charge in [0.2, 0.25) is 0 Å². The molecule has 1 aromatic heterocycles. The second kappa shape index (κ2) is 8.94. The van der Waals surface area contributed by atoms with E-state index >= 15 is 0 Å². The van der Waals surface area contributed by atoms with Crippen LogP contribution in [0, 0.1) is 6.92 Å². The summed E-state index contributed by atoms with van der Waals surface area (Å²) in [6.07, 6.45) is 3.69. The number of nitrogens with one attached hydrogen (secondary N) is 2. The molecular formula is C22H27N3O4. The quantitative estimate of drug-likeness (QED) is 0.755. The summed E-state index contributed by atoms with van der Waals surface area (Å²) in [4.78, 5) is 42.9. The minimum Gasteiger partial charge on any atom is -0.465 e. The molecule has 2 N–H and O–H groups in total. The second-order valence-corrected chi connectivity index (χ2v) is 7.18. The summed E-state index contributed by atoms with van der Waals surface area (Å²) in [6.45, 7) is 5.08. The van der Waals surface area contributed by atoms with E-state index in [-0.39, 0.29) is 5.91 Å². The molecule has 7 heteroatoms. The highest BCUT2D eigenvalue weighted by Crippen LogP contribution is 2.24. The van der Waals surface area contributed by atoms with Gasteiger partial charge in [0.15, 0.2) is 0 Å². The summed E-state index contributed by atoms with van der Waals surface area (Å²) >= 11 is 0. The van der Waals surface area contributed by atoms with E-state index in [1.807, 2.05) is 11.8 Å². The van der Waals surface area contributed by atoms with Crippen molar-refractivity contribution >= 4 is 23.5 Å². The zero-order valence-electron chi connectivity index (χ0n) is 17.1. The van der Waals surface area contributed by atoms with E-state index in [9.17, 15) is 14.4 Å². The first-order chi connectivity index (χ1) is 14.0. The van der Waals surface area contributed by atoms with Gasteiger partial charge < -0.3 is 19.9 Å². The van der Waals surface area contributed by atoms with Crippen molar-refractivity contribution in [3.05, 3.63) is 52.3 Å². The fraction of sp³-hybridized carbons (Fsp3) is 0.409. The fourth-order valence-corrected chi connectivity index (χ4v) is 3.76. The number of rotatable bonds is 5. The van der Waals surface area contributed by atoms with Crippen molar-refractivity contribution in [2.75, 3.05) is 25.5 Å². The summed E-state index contributed by atoms with van der Waals surface area (Å²) in [7, 11) is 1.32. The molecule has 0 aliphatic carbocycles. The van der Waals surface area contributed by atoms with Crippen LogP contribution in [0.3, 0.4) is 0 Å². The van der Waals surface area contributed by atoms with Crippen LogP contribution in [0.4, 0.5) is 5.69 Å². The highest BCUT2D eigenvalue weighted by molar-refractivity contribution is 6.10. The Hall–Kier alpha value is -3.09. The van der Waals surface area contributed by atoms with Gasteiger partial charge in [-0.05, 0) is 50.3 Å². The third-order valence-electron chi connectivity index (χ3n) is 5.35. The summed E-state index contributed by atoms with van der Waals surface area (Å²) in [5.74, 6) is -0.949. The molecule has 0 saturated carbocycles. The third kappa shape index (κ3) is 4.18. The number of aromatic nitrogens is 1.